The smallest absolute Gasteiger partial charge is 0.0764 e. The quantitative estimate of drug-likeness (QED) is 0.833. The number of rotatable bonds is 2. The minimum absolute atomic E-state index is 0.117. The highest BCUT2D eigenvalue weighted by molar-refractivity contribution is 5.74. The standard InChI is InChI=1S/C14H21N3O/c1-15-13-9-16-12-4-2-3-11(12)14(13)17-7-5-10(18)6-8-17/h9-10,15,18H,2-8H2,1H3. The van der Waals surface area contributed by atoms with Gasteiger partial charge < -0.3 is 15.3 Å². The van der Waals surface area contributed by atoms with Gasteiger partial charge >= 0.3 is 0 Å². The van der Waals surface area contributed by atoms with Gasteiger partial charge in [0.1, 0.15) is 0 Å². The van der Waals surface area contributed by atoms with Crippen LogP contribution in [0, 0.1) is 0 Å². The predicted octanol–water partition coefficient (Wildman–Crippen LogP) is 1.57. The van der Waals surface area contributed by atoms with Gasteiger partial charge in [0.05, 0.1) is 23.7 Å². The molecule has 3 rings (SSSR count). The van der Waals surface area contributed by atoms with Gasteiger partial charge in [-0.3, -0.25) is 4.98 Å². The number of nitrogens with zero attached hydrogens (tertiary/aromatic N) is 2. The fraction of sp³-hybridized carbons (Fsp3) is 0.643. The second kappa shape index (κ2) is 4.76. The van der Waals surface area contributed by atoms with Gasteiger partial charge in [0.25, 0.3) is 0 Å². The first-order valence-electron chi connectivity index (χ1n) is 6.91. The highest BCUT2D eigenvalue weighted by Gasteiger charge is 2.25. The third-order valence-corrected chi connectivity index (χ3v) is 4.13. The Labute approximate surface area is 108 Å². The number of piperidine rings is 1. The molecule has 98 valence electrons. The van der Waals surface area contributed by atoms with Crippen molar-refractivity contribution in [2.24, 2.45) is 0 Å². The summed E-state index contributed by atoms with van der Waals surface area (Å²) in [6.07, 6.45) is 7.08. The van der Waals surface area contributed by atoms with Crippen LogP contribution in [0.15, 0.2) is 6.20 Å². The van der Waals surface area contributed by atoms with E-state index in [2.05, 4.69) is 15.2 Å². The van der Waals surface area contributed by atoms with E-state index in [0.717, 1.165) is 44.5 Å². The van der Waals surface area contributed by atoms with E-state index in [1.165, 1.54) is 23.4 Å². The second-order valence-electron chi connectivity index (χ2n) is 5.27. The van der Waals surface area contributed by atoms with Crippen molar-refractivity contribution in [3.8, 4) is 0 Å². The van der Waals surface area contributed by atoms with Gasteiger partial charge in [0, 0.05) is 25.8 Å². The maximum absolute atomic E-state index is 9.64. The molecule has 0 radical (unpaired) electrons. The van der Waals surface area contributed by atoms with Crippen molar-refractivity contribution in [1.29, 1.82) is 0 Å². The lowest BCUT2D eigenvalue weighted by molar-refractivity contribution is 0.145. The predicted molar refractivity (Wildman–Crippen MR) is 73.3 cm³/mol. The number of aromatic nitrogens is 1. The molecule has 1 fully saturated rings. The van der Waals surface area contributed by atoms with Gasteiger partial charge in [-0.25, -0.2) is 0 Å². The van der Waals surface area contributed by atoms with E-state index < -0.39 is 0 Å². The Bertz CT molecular complexity index is 439. The van der Waals surface area contributed by atoms with Gasteiger partial charge in [-0.15, -0.1) is 0 Å². The molecule has 2 heterocycles. The van der Waals surface area contributed by atoms with E-state index in [4.69, 9.17) is 0 Å². The molecule has 1 aliphatic heterocycles. The maximum atomic E-state index is 9.64. The summed E-state index contributed by atoms with van der Waals surface area (Å²) in [5, 5.41) is 12.9. The SMILES string of the molecule is CNc1cnc2c(c1N1CCC(O)CC1)CCC2. The first-order chi connectivity index (χ1) is 8.79. The third kappa shape index (κ3) is 1.94. The molecular formula is C14H21N3O. The Balaban J connectivity index is 1.96. The van der Waals surface area contributed by atoms with Gasteiger partial charge in [0.2, 0.25) is 0 Å². The molecule has 0 aromatic carbocycles. The van der Waals surface area contributed by atoms with Crippen molar-refractivity contribution in [3.05, 3.63) is 17.5 Å². The molecule has 0 saturated carbocycles. The van der Waals surface area contributed by atoms with Gasteiger partial charge in [0.15, 0.2) is 0 Å². The van der Waals surface area contributed by atoms with Crippen LogP contribution >= 0.6 is 0 Å². The van der Waals surface area contributed by atoms with E-state index in [1.54, 1.807) is 0 Å². The van der Waals surface area contributed by atoms with Crippen molar-refractivity contribution < 1.29 is 5.11 Å². The Morgan fingerprint density at radius 1 is 1.33 bits per heavy atom. The molecule has 0 unspecified atom stereocenters. The molecule has 0 amide bonds. The minimum Gasteiger partial charge on any atom is -0.393 e. The average molecular weight is 247 g/mol. The van der Waals surface area contributed by atoms with Crippen molar-refractivity contribution >= 4 is 11.4 Å². The lowest BCUT2D eigenvalue weighted by Crippen LogP contribution is -2.36. The van der Waals surface area contributed by atoms with Crippen LogP contribution in [-0.4, -0.2) is 36.3 Å². The molecule has 4 nitrogen and oxygen atoms in total. The van der Waals surface area contributed by atoms with Crippen LogP contribution in [0.5, 0.6) is 0 Å². The Morgan fingerprint density at radius 3 is 2.83 bits per heavy atom. The van der Waals surface area contributed by atoms with Crippen LogP contribution in [-0.2, 0) is 12.8 Å². The number of aliphatic hydroxyl groups excluding tert-OH is 1. The van der Waals surface area contributed by atoms with Crippen molar-refractivity contribution in [1.82, 2.24) is 4.98 Å². The first-order valence-corrected chi connectivity index (χ1v) is 6.91. The summed E-state index contributed by atoms with van der Waals surface area (Å²) < 4.78 is 0. The maximum Gasteiger partial charge on any atom is 0.0764 e. The second-order valence-corrected chi connectivity index (χ2v) is 5.27. The summed E-state index contributed by atoms with van der Waals surface area (Å²) in [4.78, 5) is 6.98. The van der Waals surface area contributed by atoms with Crippen LogP contribution < -0.4 is 10.2 Å². The van der Waals surface area contributed by atoms with Crippen LogP contribution in [0.1, 0.15) is 30.5 Å². The third-order valence-electron chi connectivity index (χ3n) is 4.13. The average Bonchev–Trinajstić information content (AvgIpc) is 2.87. The molecule has 18 heavy (non-hydrogen) atoms. The summed E-state index contributed by atoms with van der Waals surface area (Å²) in [7, 11) is 1.96. The zero-order chi connectivity index (χ0) is 12.5. The lowest BCUT2D eigenvalue weighted by atomic mass is 10.0. The fourth-order valence-electron chi connectivity index (χ4n) is 3.13. The van der Waals surface area contributed by atoms with Crippen LogP contribution in [0.2, 0.25) is 0 Å². The van der Waals surface area contributed by atoms with E-state index in [1.807, 2.05) is 13.2 Å². The zero-order valence-corrected chi connectivity index (χ0v) is 10.9. The highest BCUT2D eigenvalue weighted by atomic mass is 16.3. The Hall–Kier alpha value is -1.29. The first kappa shape index (κ1) is 11.8. The summed E-state index contributed by atoms with van der Waals surface area (Å²) in [6, 6.07) is 0. The van der Waals surface area contributed by atoms with Crippen molar-refractivity contribution in [2.45, 2.75) is 38.2 Å². The topological polar surface area (TPSA) is 48.4 Å². The summed E-state index contributed by atoms with van der Waals surface area (Å²) in [5.41, 5.74) is 5.17. The van der Waals surface area contributed by atoms with Crippen LogP contribution in [0.4, 0.5) is 11.4 Å². The lowest BCUT2D eigenvalue weighted by Gasteiger charge is -2.34. The van der Waals surface area contributed by atoms with Crippen molar-refractivity contribution in [3.63, 3.8) is 0 Å². The molecule has 1 aliphatic carbocycles. The molecule has 0 bridgehead atoms. The van der Waals surface area contributed by atoms with Crippen LogP contribution in [0.3, 0.4) is 0 Å². The largest absolute Gasteiger partial charge is 0.393 e. The highest BCUT2D eigenvalue weighted by Crippen LogP contribution is 2.37. The number of aliphatic hydroxyl groups is 1. The molecule has 4 heteroatoms. The van der Waals surface area contributed by atoms with Crippen molar-refractivity contribution in [2.75, 3.05) is 30.4 Å². The number of nitrogens with one attached hydrogen (secondary N) is 1. The molecule has 2 aliphatic rings. The molecular weight excluding hydrogens is 226 g/mol. The summed E-state index contributed by atoms with van der Waals surface area (Å²) >= 11 is 0. The number of pyridine rings is 1. The number of anilines is 2. The monoisotopic (exact) mass is 247 g/mol. The molecule has 1 aromatic rings. The van der Waals surface area contributed by atoms with E-state index in [9.17, 15) is 5.11 Å². The normalized spacial score (nSPS) is 20.0. The van der Waals surface area contributed by atoms with Gasteiger partial charge in [-0.05, 0) is 37.7 Å². The van der Waals surface area contributed by atoms with Gasteiger partial charge in [-0.2, -0.15) is 0 Å². The molecule has 0 spiro atoms. The summed E-state index contributed by atoms with van der Waals surface area (Å²) in [6.45, 7) is 1.90. The number of fused-ring (bicyclic) bond motifs is 1. The van der Waals surface area contributed by atoms with E-state index >= 15 is 0 Å². The number of aryl methyl sites for hydroxylation is 1. The number of hydrogen-bond donors (Lipinski definition) is 2. The molecule has 1 saturated heterocycles. The molecule has 0 atom stereocenters. The summed E-state index contributed by atoms with van der Waals surface area (Å²) in [5.74, 6) is 0. The molecule has 2 N–H and O–H groups in total. The van der Waals surface area contributed by atoms with E-state index in [0.29, 0.717) is 0 Å². The molecule has 1 aromatic heterocycles. The van der Waals surface area contributed by atoms with E-state index in [-0.39, 0.29) is 6.10 Å². The number of hydrogen-bond acceptors (Lipinski definition) is 4. The Morgan fingerprint density at radius 2 is 2.11 bits per heavy atom. The Kier molecular flexibility index (Phi) is 3.12. The van der Waals surface area contributed by atoms with Crippen LogP contribution in [0.25, 0.3) is 0 Å². The minimum atomic E-state index is -0.117. The fourth-order valence-corrected chi connectivity index (χ4v) is 3.13. The van der Waals surface area contributed by atoms with Gasteiger partial charge in [-0.1, -0.05) is 0 Å². The zero-order valence-electron chi connectivity index (χ0n) is 10.9.